The van der Waals surface area contributed by atoms with Gasteiger partial charge in [-0.2, -0.15) is 35.1 Å². The minimum Gasteiger partial charge on any atom is -0.203 e. The van der Waals surface area contributed by atoms with E-state index in [1.807, 2.05) is 0 Å². The molecule has 0 spiro atoms. The van der Waals surface area contributed by atoms with Gasteiger partial charge in [0.2, 0.25) is 5.82 Å². The summed E-state index contributed by atoms with van der Waals surface area (Å²) in [5.74, 6) is -34.1. The molecule has 2 aromatic carbocycles. The highest BCUT2D eigenvalue weighted by molar-refractivity contribution is 7.37. The summed E-state index contributed by atoms with van der Waals surface area (Å²) >= 11 is 0. The maximum absolute atomic E-state index is 13.9. The molecule has 0 radical (unpaired) electrons. The van der Waals surface area contributed by atoms with Crippen molar-refractivity contribution >= 4 is 8.58 Å². The number of rotatable bonds is 8. The van der Waals surface area contributed by atoms with Crippen LogP contribution >= 0.6 is 8.58 Å². The third-order valence-corrected chi connectivity index (χ3v) is 6.40. The Bertz CT molecular complexity index is 1150. The first kappa shape index (κ1) is 35.8. The summed E-state index contributed by atoms with van der Waals surface area (Å²) in [7, 11) is 1.23. The third-order valence-electron chi connectivity index (χ3n) is 5.19. The summed E-state index contributed by atoms with van der Waals surface area (Å²) in [6.07, 6.45) is -5.07. The van der Waals surface area contributed by atoms with Crippen molar-refractivity contribution in [2.45, 2.75) is 57.8 Å². The Morgan fingerprint density at radius 1 is 0.500 bits per heavy atom. The van der Waals surface area contributed by atoms with Crippen molar-refractivity contribution in [2.75, 3.05) is 12.3 Å². The number of hydrogen-bond acceptors (Lipinski definition) is 0. The molecule has 0 amide bonds. The maximum Gasteiger partial charge on any atom is 0.458 e. The van der Waals surface area contributed by atoms with Crippen LogP contribution in [-0.4, -0.2) is 18.5 Å². The molecule has 2 aromatic rings. The molecule has 40 heavy (non-hydrogen) atoms. The largest absolute Gasteiger partial charge is 0.458 e. The van der Waals surface area contributed by atoms with Crippen LogP contribution in [0.15, 0.2) is 0 Å². The molecule has 1 unspecified atom stereocenters. The van der Waals surface area contributed by atoms with E-state index >= 15 is 0 Å². The minimum absolute atomic E-state index is 1.23. The van der Waals surface area contributed by atoms with E-state index in [1.165, 1.54) is 46.6 Å². The van der Waals surface area contributed by atoms with Crippen molar-refractivity contribution in [1.29, 1.82) is 0 Å². The van der Waals surface area contributed by atoms with Gasteiger partial charge in [0.1, 0.15) is 5.56 Å². The van der Waals surface area contributed by atoms with E-state index in [-0.39, 0.29) is 0 Å². The van der Waals surface area contributed by atoms with Crippen LogP contribution in [0.4, 0.5) is 70.2 Å². The lowest BCUT2D eigenvalue weighted by molar-refractivity contribution is -0.290. The average Bonchev–Trinajstić information content (AvgIpc) is 2.83. The first-order valence-corrected chi connectivity index (χ1v) is 12.6. The van der Waals surface area contributed by atoms with E-state index in [1.54, 1.807) is 0 Å². The molecular formula is C23H19F16P. The zero-order chi connectivity index (χ0) is 31.4. The van der Waals surface area contributed by atoms with Gasteiger partial charge in [-0.15, -0.1) is 8.58 Å². The fourth-order valence-electron chi connectivity index (χ4n) is 3.29. The summed E-state index contributed by atoms with van der Waals surface area (Å²) in [5.41, 5.74) is -14.2. The zero-order valence-corrected chi connectivity index (χ0v) is 21.3. The van der Waals surface area contributed by atoms with Crippen molar-refractivity contribution in [1.82, 2.24) is 0 Å². The standard InChI is InChI=1S/C15F16.C8H19P/c16-5-2(6(17)10(21)12(23)9(5)20)1-3(13(24,25)15(29,30)31)7(18)11(22)8(19)4(1)14(26,27)28;1-3-5-6-7-8-9-4-2/h;9H,3-8H2,1-2H3. The van der Waals surface area contributed by atoms with Crippen molar-refractivity contribution < 1.29 is 70.2 Å². The molecule has 0 heterocycles. The molecule has 0 N–H and O–H groups in total. The lowest BCUT2D eigenvalue weighted by Crippen LogP contribution is -2.36. The van der Waals surface area contributed by atoms with Gasteiger partial charge in [0.25, 0.3) is 0 Å². The molecule has 228 valence electrons. The van der Waals surface area contributed by atoms with E-state index < -0.39 is 87.1 Å². The van der Waals surface area contributed by atoms with Crippen LogP contribution in [0.25, 0.3) is 11.1 Å². The quantitative estimate of drug-likeness (QED) is 0.0896. The van der Waals surface area contributed by atoms with E-state index in [0.29, 0.717) is 0 Å². The number of benzene rings is 2. The van der Waals surface area contributed by atoms with Gasteiger partial charge >= 0.3 is 18.3 Å². The van der Waals surface area contributed by atoms with Crippen molar-refractivity contribution in [3.63, 3.8) is 0 Å². The van der Waals surface area contributed by atoms with Crippen LogP contribution < -0.4 is 0 Å². The Labute approximate surface area is 218 Å². The Balaban J connectivity index is 0.000000763. The first-order chi connectivity index (χ1) is 18.2. The lowest BCUT2D eigenvalue weighted by atomic mass is 9.88. The summed E-state index contributed by atoms with van der Waals surface area (Å²) in [6.45, 7) is 4.54. The number of halogens is 16. The summed E-state index contributed by atoms with van der Waals surface area (Å²) in [5, 5.41) is 0. The topological polar surface area (TPSA) is 0 Å². The van der Waals surface area contributed by atoms with E-state index in [2.05, 4.69) is 13.8 Å². The van der Waals surface area contributed by atoms with Crippen LogP contribution in [0, 0.1) is 46.5 Å². The second kappa shape index (κ2) is 13.6. The van der Waals surface area contributed by atoms with Gasteiger partial charge in [-0.05, 0) is 18.7 Å². The van der Waals surface area contributed by atoms with E-state index in [9.17, 15) is 70.2 Å². The molecule has 0 saturated heterocycles. The molecule has 0 bridgehead atoms. The van der Waals surface area contributed by atoms with E-state index in [4.69, 9.17) is 0 Å². The fourth-order valence-corrected chi connectivity index (χ4v) is 4.14. The van der Waals surface area contributed by atoms with Gasteiger partial charge in [-0.25, -0.2) is 35.1 Å². The van der Waals surface area contributed by atoms with Gasteiger partial charge in [0, 0.05) is 5.56 Å². The molecule has 0 nitrogen and oxygen atoms in total. The molecular weight excluding hydrogens is 611 g/mol. The molecule has 0 saturated carbocycles. The van der Waals surface area contributed by atoms with Gasteiger partial charge in [-0.3, -0.25) is 0 Å². The average molecular weight is 630 g/mol. The predicted octanol–water partition coefficient (Wildman–Crippen LogP) is 10.4. The highest BCUT2D eigenvalue weighted by Crippen LogP contribution is 2.53. The molecule has 0 aromatic heterocycles. The Kier molecular flexibility index (Phi) is 12.2. The predicted molar refractivity (Wildman–Crippen MR) is 114 cm³/mol. The molecule has 1 atom stereocenters. The molecule has 0 aliphatic rings. The number of alkyl halides is 8. The highest BCUT2D eigenvalue weighted by Gasteiger charge is 2.63. The highest BCUT2D eigenvalue weighted by atomic mass is 31.1. The lowest BCUT2D eigenvalue weighted by Gasteiger charge is -2.26. The summed E-state index contributed by atoms with van der Waals surface area (Å²) in [4.78, 5) is 0. The minimum atomic E-state index is -7.10. The molecule has 0 aliphatic heterocycles. The van der Waals surface area contributed by atoms with Crippen molar-refractivity contribution in [3.8, 4) is 11.1 Å². The van der Waals surface area contributed by atoms with Crippen LogP contribution in [0.5, 0.6) is 0 Å². The third kappa shape index (κ3) is 7.33. The fraction of sp³-hybridized carbons (Fsp3) is 0.478. The van der Waals surface area contributed by atoms with Crippen molar-refractivity contribution in [3.05, 3.63) is 57.7 Å². The van der Waals surface area contributed by atoms with E-state index in [0.717, 1.165) is 0 Å². The monoisotopic (exact) mass is 630 g/mol. The molecule has 0 fully saturated rings. The van der Waals surface area contributed by atoms with Crippen LogP contribution in [0.3, 0.4) is 0 Å². The zero-order valence-electron chi connectivity index (χ0n) is 20.3. The summed E-state index contributed by atoms with van der Waals surface area (Å²) in [6, 6.07) is 0. The van der Waals surface area contributed by atoms with Crippen LogP contribution in [0.1, 0.15) is 50.7 Å². The SMILES string of the molecule is CCCCCCPCC.Fc1c(F)c(F)c(-c2c(C(F)(F)F)c(F)c(F)c(F)c2C(F)(F)C(F)(F)F)c(F)c1F. The maximum atomic E-state index is 13.9. The van der Waals surface area contributed by atoms with Gasteiger partial charge in [0.15, 0.2) is 40.7 Å². The van der Waals surface area contributed by atoms with Gasteiger partial charge in [0.05, 0.1) is 11.1 Å². The number of unbranched alkanes of at least 4 members (excludes halogenated alkanes) is 3. The van der Waals surface area contributed by atoms with Gasteiger partial charge < -0.3 is 0 Å². The van der Waals surface area contributed by atoms with Crippen molar-refractivity contribution in [2.24, 2.45) is 0 Å². The van der Waals surface area contributed by atoms with Crippen LogP contribution in [-0.2, 0) is 12.1 Å². The second-order valence-corrected chi connectivity index (χ2v) is 9.70. The first-order valence-electron chi connectivity index (χ1n) is 11.1. The molecule has 17 heteroatoms. The smallest absolute Gasteiger partial charge is 0.203 e. The Morgan fingerprint density at radius 3 is 1.32 bits per heavy atom. The Hall–Kier alpha value is -2.25. The van der Waals surface area contributed by atoms with Gasteiger partial charge in [-0.1, -0.05) is 33.1 Å². The normalized spacial score (nSPS) is 12.8. The second-order valence-electron chi connectivity index (χ2n) is 8.00. The summed E-state index contributed by atoms with van der Waals surface area (Å²) < 4.78 is 214. The molecule has 0 aliphatic carbocycles. The Morgan fingerprint density at radius 2 is 0.925 bits per heavy atom. The number of hydrogen-bond donors (Lipinski definition) is 0. The van der Waals surface area contributed by atoms with Crippen LogP contribution in [0.2, 0.25) is 0 Å². The molecule has 2 rings (SSSR count).